The fourth-order valence-electron chi connectivity index (χ4n) is 2.44. The predicted molar refractivity (Wildman–Crippen MR) is 86.7 cm³/mol. The first kappa shape index (κ1) is 16.0. The van der Waals surface area contributed by atoms with E-state index in [0.29, 0.717) is 11.6 Å². The Hall–Kier alpha value is -1.39. The number of hydrazone groups is 1. The van der Waals surface area contributed by atoms with E-state index in [2.05, 4.69) is 15.4 Å². The van der Waals surface area contributed by atoms with Gasteiger partial charge in [0.2, 0.25) is 0 Å². The third-order valence-electron chi connectivity index (χ3n) is 3.59. The molecule has 0 atom stereocenters. The van der Waals surface area contributed by atoms with E-state index < -0.39 is 0 Å². The molecule has 0 aliphatic carbocycles. The van der Waals surface area contributed by atoms with Crippen LogP contribution in [0, 0.1) is 0 Å². The Bertz CT molecular complexity index is 465. The van der Waals surface area contributed by atoms with Gasteiger partial charge in [-0.3, -0.25) is 9.69 Å². The van der Waals surface area contributed by atoms with Gasteiger partial charge in [0.25, 0.3) is 5.91 Å². The zero-order valence-electron chi connectivity index (χ0n) is 12.2. The van der Waals surface area contributed by atoms with Gasteiger partial charge in [-0.15, -0.1) is 0 Å². The Labute approximate surface area is 131 Å². The second-order valence-corrected chi connectivity index (χ2v) is 5.83. The van der Waals surface area contributed by atoms with Gasteiger partial charge in [0.15, 0.2) is 0 Å². The summed E-state index contributed by atoms with van der Waals surface area (Å²) in [6, 6.07) is 7.31. The van der Waals surface area contributed by atoms with Gasteiger partial charge in [-0.1, -0.05) is 43.0 Å². The molecule has 1 saturated heterocycles. The van der Waals surface area contributed by atoms with Crippen LogP contribution in [0.2, 0.25) is 5.02 Å². The topological polar surface area (TPSA) is 44.7 Å². The minimum Gasteiger partial charge on any atom is -0.294 e. The van der Waals surface area contributed by atoms with Gasteiger partial charge in [-0.05, 0) is 43.6 Å². The van der Waals surface area contributed by atoms with E-state index in [-0.39, 0.29) is 5.91 Å². The second-order valence-electron chi connectivity index (χ2n) is 5.39. The molecule has 1 aliphatic heterocycles. The smallest absolute Gasteiger partial charge is 0.254 e. The van der Waals surface area contributed by atoms with Gasteiger partial charge < -0.3 is 0 Å². The maximum absolute atomic E-state index is 11.9. The minimum absolute atomic E-state index is 0.0548. The Balaban J connectivity index is 1.74. The van der Waals surface area contributed by atoms with Crippen molar-refractivity contribution in [1.82, 2.24) is 10.3 Å². The summed E-state index contributed by atoms with van der Waals surface area (Å²) in [6.07, 6.45) is 7.86. The number of rotatable bonds is 4. The van der Waals surface area contributed by atoms with Gasteiger partial charge in [-0.2, -0.15) is 5.10 Å². The Morgan fingerprint density at radius 1 is 1.14 bits per heavy atom. The molecule has 0 saturated carbocycles. The van der Waals surface area contributed by atoms with Crippen molar-refractivity contribution >= 4 is 23.7 Å². The van der Waals surface area contributed by atoms with E-state index in [9.17, 15) is 4.79 Å². The molecule has 1 amide bonds. The third-order valence-corrected chi connectivity index (χ3v) is 3.84. The maximum Gasteiger partial charge on any atom is 0.254 e. The lowest BCUT2D eigenvalue weighted by Crippen LogP contribution is -2.37. The molecule has 21 heavy (non-hydrogen) atoms. The van der Waals surface area contributed by atoms with Crippen molar-refractivity contribution < 1.29 is 4.79 Å². The Morgan fingerprint density at radius 3 is 2.43 bits per heavy atom. The SMILES string of the molecule is O=C(CN1CCCCCCC1)N/N=C\c1ccc(Cl)cc1. The van der Waals surface area contributed by atoms with Gasteiger partial charge in [0, 0.05) is 5.02 Å². The van der Waals surface area contributed by atoms with Crippen molar-refractivity contribution in [3.63, 3.8) is 0 Å². The van der Waals surface area contributed by atoms with Crippen molar-refractivity contribution in [3.05, 3.63) is 34.9 Å². The quantitative estimate of drug-likeness (QED) is 0.686. The Kier molecular flexibility index (Phi) is 6.70. The van der Waals surface area contributed by atoms with Crippen molar-refractivity contribution in [3.8, 4) is 0 Å². The lowest BCUT2D eigenvalue weighted by Gasteiger charge is -2.23. The molecule has 2 rings (SSSR count). The van der Waals surface area contributed by atoms with E-state index >= 15 is 0 Å². The highest BCUT2D eigenvalue weighted by Gasteiger charge is 2.11. The van der Waals surface area contributed by atoms with Crippen LogP contribution in [-0.4, -0.2) is 36.7 Å². The highest BCUT2D eigenvalue weighted by atomic mass is 35.5. The van der Waals surface area contributed by atoms with Gasteiger partial charge in [0.05, 0.1) is 12.8 Å². The van der Waals surface area contributed by atoms with Crippen LogP contribution >= 0.6 is 11.6 Å². The molecular formula is C16H22ClN3O. The van der Waals surface area contributed by atoms with E-state index in [1.165, 1.54) is 32.1 Å². The summed E-state index contributed by atoms with van der Waals surface area (Å²) in [6.45, 7) is 2.45. The second kappa shape index (κ2) is 8.80. The van der Waals surface area contributed by atoms with Crippen LogP contribution in [0.15, 0.2) is 29.4 Å². The molecule has 0 unspecified atom stereocenters. The molecule has 0 spiro atoms. The van der Waals surface area contributed by atoms with Crippen molar-refractivity contribution in [1.29, 1.82) is 0 Å². The van der Waals surface area contributed by atoms with Crippen LogP contribution in [-0.2, 0) is 4.79 Å². The number of amides is 1. The zero-order valence-corrected chi connectivity index (χ0v) is 13.0. The molecular weight excluding hydrogens is 286 g/mol. The monoisotopic (exact) mass is 307 g/mol. The number of hydrogen-bond acceptors (Lipinski definition) is 3. The first-order valence-electron chi connectivity index (χ1n) is 7.54. The van der Waals surface area contributed by atoms with Crippen LogP contribution in [0.3, 0.4) is 0 Å². The van der Waals surface area contributed by atoms with E-state index in [1.807, 2.05) is 12.1 Å². The highest BCUT2D eigenvalue weighted by molar-refractivity contribution is 6.30. The average molecular weight is 308 g/mol. The summed E-state index contributed by atoms with van der Waals surface area (Å²) in [5.74, 6) is -0.0548. The Morgan fingerprint density at radius 2 is 1.76 bits per heavy atom. The first-order chi connectivity index (χ1) is 10.2. The molecule has 4 nitrogen and oxygen atoms in total. The number of likely N-dealkylation sites (tertiary alicyclic amines) is 1. The van der Waals surface area contributed by atoms with Crippen LogP contribution in [0.5, 0.6) is 0 Å². The van der Waals surface area contributed by atoms with Gasteiger partial charge in [0.1, 0.15) is 0 Å². The van der Waals surface area contributed by atoms with E-state index in [0.717, 1.165) is 18.7 Å². The lowest BCUT2D eigenvalue weighted by molar-refractivity contribution is -0.122. The number of benzene rings is 1. The standard InChI is InChI=1S/C16H22ClN3O/c17-15-8-6-14(7-9-15)12-18-19-16(21)13-20-10-4-2-1-3-5-11-20/h6-9,12H,1-5,10-11,13H2,(H,19,21)/b18-12-. The van der Waals surface area contributed by atoms with Crippen molar-refractivity contribution in [2.75, 3.05) is 19.6 Å². The number of carbonyl (C=O) groups excluding carboxylic acids is 1. The fraction of sp³-hybridized carbons (Fsp3) is 0.500. The summed E-state index contributed by atoms with van der Waals surface area (Å²) >= 11 is 5.81. The van der Waals surface area contributed by atoms with Gasteiger partial charge in [-0.25, -0.2) is 5.43 Å². The summed E-state index contributed by atoms with van der Waals surface area (Å²) < 4.78 is 0. The largest absolute Gasteiger partial charge is 0.294 e. The minimum atomic E-state index is -0.0548. The summed E-state index contributed by atoms with van der Waals surface area (Å²) in [7, 11) is 0. The predicted octanol–water partition coefficient (Wildman–Crippen LogP) is 3.06. The molecule has 0 aromatic heterocycles. The molecule has 1 N–H and O–H groups in total. The first-order valence-corrected chi connectivity index (χ1v) is 7.92. The number of halogens is 1. The molecule has 0 radical (unpaired) electrons. The number of nitrogens with zero attached hydrogens (tertiary/aromatic N) is 2. The molecule has 5 heteroatoms. The molecule has 114 valence electrons. The van der Waals surface area contributed by atoms with Crippen molar-refractivity contribution in [2.45, 2.75) is 32.1 Å². The summed E-state index contributed by atoms with van der Waals surface area (Å²) in [5.41, 5.74) is 3.49. The summed E-state index contributed by atoms with van der Waals surface area (Å²) in [4.78, 5) is 14.1. The van der Waals surface area contributed by atoms with Crippen LogP contribution in [0.25, 0.3) is 0 Å². The average Bonchev–Trinajstić information content (AvgIpc) is 2.44. The number of hydrogen-bond donors (Lipinski definition) is 1. The van der Waals surface area contributed by atoms with Crippen LogP contribution in [0.1, 0.15) is 37.7 Å². The highest BCUT2D eigenvalue weighted by Crippen LogP contribution is 2.10. The fourth-order valence-corrected chi connectivity index (χ4v) is 2.56. The summed E-state index contributed by atoms with van der Waals surface area (Å²) in [5, 5.41) is 4.67. The third kappa shape index (κ3) is 6.27. The maximum atomic E-state index is 11.9. The molecule has 1 aromatic carbocycles. The van der Waals surface area contributed by atoms with Gasteiger partial charge >= 0.3 is 0 Å². The van der Waals surface area contributed by atoms with Crippen LogP contribution < -0.4 is 5.43 Å². The van der Waals surface area contributed by atoms with Crippen LogP contribution in [0.4, 0.5) is 0 Å². The molecule has 1 heterocycles. The molecule has 1 aromatic rings. The lowest BCUT2D eigenvalue weighted by atomic mass is 10.1. The van der Waals surface area contributed by atoms with E-state index in [4.69, 9.17) is 11.6 Å². The molecule has 1 aliphatic rings. The zero-order chi connectivity index (χ0) is 14.9. The normalized spacial score (nSPS) is 17.4. The van der Waals surface area contributed by atoms with Crippen molar-refractivity contribution in [2.24, 2.45) is 5.10 Å². The molecule has 1 fully saturated rings. The number of carbonyl (C=O) groups is 1. The molecule has 0 bridgehead atoms. The van der Waals surface area contributed by atoms with E-state index in [1.54, 1.807) is 18.3 Å². The number of nitrogens with one attached hydrogen (secondary N) is 1.